The zero-order valence-corrected chi connectivity index (χ0v) is 10.2. The zero-order valence-electron chi connectivity index (χ0n) is 10.2. The van der Waals surface area contributed by atoms with E-state index >= 15 is 0 Å². The molecule has 1 fully saturated rings. The standard InChI is InChI=1S/C14H20N2O/c1-2-12-9-17-10-13(12)7-11(1)8-15-5-6-16-14-3-4-14/h1-2,7,14-16H,3-6,8-10H2. The van der Waals surface area contributed by atoms with Crippen LogP contribution in [0, 0.1) is 0 Å². The van der Waals surface area contributed by atoms with Crippen molar-refractivity contribution in [1.29, 1.82) is 0 Å². The SMILES string of the molecule is c1cc2c(cc1CNCCNC1CC1)COC2. The highest BCUT2D eigenvalue weighted by atomic mass is 16.5. The summed E-state index contributed by atoms with van der Waals surface area (Å²) in [4.78, 5) is 0. The van der Waals surface area contributed by atoms with Crippen molar-refractivity contribution in [1.82, 2.24) is 10.6 Å². The van der Waals surface area contributed by atoms with E-state index in [0.29, 0.717) is 0 Å². The Morgan fingerprint density at radius 2 is 2.00 bits per heavy atom. The average Bonchev–Trinajstić information content (AvgIpc) is 3.05. The number of ether oxygens (including phenoxy) is 1. The minimum Gasteiger partial charge on any atom is -0.372 e. The molecule has 92 valence electrons. The van der Waals surface area contributed by atoms with Gasteiger partial charge >= 0.3 is 0 Å². The van der Waals surface area contributed by atoms with E-state index in [-0.39, 0.29) is 0 Å². The Labute approximate surface area is 103 Å². The van der Waals surface area contributed by atoms with Gasteiger partial charge in [-0.2, -0.15) is 0 Å². The van der Waals surface area contributed by atoms with Gasteiger partial charge in [-0.1, -0.05) is 18.2 Å². The largest absolute Gasteiger partial charge is 0.372 e. The molecule has 2 N–H and O–H groups in total. The molecular formula is C14H20N2O. The molecule has 3 rings (SSSR count). The Hall–Kier alpha value is -0.900. The van der Waals surface area contributed by atoms with Gasteiger partial charge in [0.1, 0.15) is 0 Å². The van der Waals surface area contributed by atoms with E-state index in [9.17, 15) is 0 Å². The lowest BCUT2D eigenvalue weighted by atomic mass is 10.1. The van der Waals surface area contributed by atoms with Crippen molar-refractivity contribution in [2.45, 2.75) is 38.6 Å². The highest BCUT2D eigenvalue weighted by Gasteiger charge is 2.19. The predicted octanol–water partition coefficient (Wildman–Crippen LogP) is 1.56. The van der Waals surface area contributed by atoms with Gasteiger partial charge in [-0.3, -0.25) is 0 Å². The molecule has 0 amide bonds. The molecule has 0 spiro atoms. The smallest absolute Gasteiger partial charge is 0.0725 e. The van der Waals surface area contributed by atoms with Crippen molar-refractivity contribution >= 4 is 0 Å². The van der Waals surface area contributed by atoms with E-state index in [1.165, 1.54) is 29.5 Å². The van der Waals surface area contributed by atoms with Crippen LogP contribution in [-0.4, -0.2) is 19.1 Å². The van der Waals surface area contributed by atoms with E-state index in [2.05, 4.69) is 28.8 Å². The van der Waals surface area contributed by atoms with Crippen molar-refractivity contribution < 1.29 is 4.74 Å². The van der Waals surface area contributed by atoms with E-state index in [4.69, 9.17) is 4.74 Å². The first-order valence-corrected chi connectivity index (χ1v) is 6.54. The van der Waals surface area contributed by atoms with Crippen LogP contribution in [0.1, 0.15) is 29.5 Å². The molecule has 3 nitrogen and oxygen atoms in total. The maximum Gasteiger partial charge on any atom is 0.0725 e. The molecule has 1 aliphatic heterocycles. The molecule has 1 aliphatic carbocycles. The van der Waals surface area contributed by atoms with E-state index in [0.717, 1.165) is 38.9 Å². The number of hydrogen-bond donors (Lipinski definition) is 2. The van der Waals surface area contributed by atoms with Crippen LogP contribution < -0.4 is 10.6 Å². The van der Waals surface area contributed by atoms with Crippen LogP contribution in [0.3, 0.4) is 0 Å². The van der Waals surface area contributed by atoms with E-state index < -0.39 is 0 Å². The summed E-state index contributed by atoms with van der Waals surface area (Å²) in [5, 5.41) is 6.97. The summed E-state index contributed by atoms with van der Waals surface area (Å²) in [6.45, 7) is 4.66. The maximum atomic E-state index is 5.42. The average molecular weight is 232 g/mol. The van der Waals surface area contributed by atoms with E-state index in [1.54, 1.807) is 0 Å². The zero-order chi connectivity index (χ0) is 11.5. The Bertz CT molecular complexity index is 388. The third kappa shape index (κ3) is 3.06. The van der Waals surface area contributed by atoms with Gasteiger partial charge in [0.15, 0.2) is 0 Å². The number of fused-ring (bicyclic) bond motifs is 1. The third-order valence-corrected chi connectivity index (χ3v) is 3.43. The maximum absolute atomic E-state index is 5.42. The van der Waals surface area contributed by atoms with Crippen LogP contribution in [0.5, 0.6) is 0 Å². The van der Waals surface area contributed by atoms with Gasteiger partial charge in [0, 0.05) is 25.7 Å². The fraction of sp³-hybridized carbons (Fsp3) is 0.571. The summed E-state index contributed by atoms with van der Waals surface area (Å²) in [6.07, 6.45) is 2.73. The molecular weight excluding hydrogens is 212 g/mol. The molecule has 17 heavy (non-hydrogen) atoms. The Kier molecular flexibility index (Phi) is 3.41. The molecule has 1 aromatic carbocycles. The van der Waals surface area contributed by atoms with Crippen molar-refractivity contribution in [3.05, 3.63) is 34.9 Å². The van der Waals surface area contributed by atoms with Gasteiger partial charge in [-0.25, -0.2) is 0 Å². The summed E-state index contributed by atoms with van der Waals surface area (Å²) in [6, 6.07) is 7.48. The van der Waals surface area contributed by atoms with Crippen molar-refractivity contribution in [3.8, 4) is 0 Å². The third-order valence-electron chi connectivity index (χ3n) is 3.43. The van der Waals surface area contributed by atoms with Crippen LogP contribution >= 0.6 is 0 Å². The summed E-state index contributed by atoms with van der Waals surface area (Å²) < 4.78 is 5.42. The number of nitrogens with one attached hydrogen (secondary N) is 2. The minimum absolute atomic E-state index is 0.784. The van der Waals surface area contributed by atoms with Crippen LogP contribution in [0.15, 0.2) is 18.2 Å². The van der Waals surface area contributed by atoms with Crippen LogP contribution in [0.4, 0.5) is 0 Å². The first-order chi connectivity index (χ1) is 8.42. The van der Waals surface area contributed by atoms with Crippen LogP contribution in [-0.2, 0) is 24.5 Å². The minimum atomic E-state index is 0.784. The molecule has 0 radical (unpaired) electrons. The first-order valence-electron chi connectivity index (χ1n) is 6.54. The number of benzene rings is 1. The van der Waals surface area contributed by atoms with Gasteiger partial charge < -0.3 is 15.4 Å². The van der Waals surface area contributed by atoms with E-state index in [1.807, 2.05) is 0 Å². The van der Waals surface area contributed by atoms with Crippen LogP contribution in [0.25, 0.3) is 0 Å². The highest BCUT2D eigenvalue weighted by molar-refractivity contribution is 5.33. The second kappa shape index (κ2) is 5.17. The van der Waals surface area contributed by atoms with Gasteiger partial charge in [-0.15, -0.1) is 0 Å². The summed E-state index contributed by atoms with van der Waals surface area (Å²) >= 11 is 0. The Morgan fingerprint density at radius 1 is 1.12 bits per heavy atom. The van der Waals surface area contributed by atoms with Crippen LogP contribution in [0.2, 0.25) is 0 Å². The predicted molar refractivity (Wildman–Crippen MR) is 67.7 cm³/mol. The van der Waals surface area contributed by atoms with Crippen molar-refractivity contribution in [2.24, 2.45) is 0 Å². The molecule has 0 saturated heterocycles. The summed E-state index contributed by atoms with van der Waals surface area (Å²) in [5.41, 5.74) is 4.07. The van der Waals surface area contributed by atoms with Crippen molar-refractivity contribution in [3.63, 3.8) is 0 Å². The fourth-order valence-corrected chi connectivity index (χ4v) is 2.22. The lowest BCUT2D eigenvalue weighted by Crippen LogP contribution is -2.28. The lowest BCUT2D eigenvalue weighted by Gasteiger charge is -2.07. The quantitative estimate of drug-likeness (QED) is 0.730. The first kappa shape index (κ1) is 11.2. The fourth-order valence-electron chi connectivity index (χ4n) is 2.22. The molecule has 0 aromatic heterocycles. The number of hydrogen-bond acceptors (Lipinski definition) is 3. The molecule has 0 atom stereocenters. The second-order valence-electron chi connectivity index (χ2n) is 5.00. The molecule has 1 saturated carbocycles. The van der Waals surface area contributed by atoms with Gasteiger partial charge in [0.25, 0.3) is 0 Å². The van der Waals surface area contributed by atoms with Crippen molar-refractivity contribution in [2.75, 3.05) is 13.1 Å². The topological polar surface area (TPSA) is 33.3 Å². The molecule has 1 heterocycles. The normalized spacial score (nSPS) is 18.4. The Balaban J connectivity index is 1.41. The van der Waals surface area contributed by atoms with Gasteiger partial charge in [0.05, 0.1) is 13.2 Å². The molecule has 1 aromatic rings. The molecule has 0 unspecified atom stereocenters. The van der Waals surface area contributed by atoms with Gasteiger partial charge in [0.2, 0.25) is 0 Å². The lowest BCUT2D eigenvalue weighted by molar-refractivity contribution is 0.134. The molecule has 2 aliphatic rings. The second-order valence-corrected chi connectivity index (χ2v) is 5.00. The number of rotatable bonds is 6. The molecule has 0 bridgehead atoms. The Morgan fingerprint density at radius 3 is 2.88 bits per heavy atom. The van der Waals surface area contributed by atoms with Gasteiger partial charge in [-0.05, 0) is 29.5 Å². The monoisotopic (exact) mass is 232 g/mol. The highest BCUT2D eigenvalue weighted by Crippen LogP contribution is 2.20. The summed E-state index contributed by atoms with van der Waals surface area (Å²) in [7, 11) is 0. The molecule has 3 heteroatoms. The summed E-state index contributed by atoms with van der Waals surface area (Å²) in [5.74, 6) is 0.